The van der Waals surface area contributed by atoms with E-state index >= 15 is 0 Å². The molecule has 2 saturated heterocycles. The third-order valence-corrected chi connectivity index (χ3v) is 4.44. The summed E-state index contributed by atoms with van der Waals surface area (Å²) in [7, 11) is 0. The predicted octanol–water partition coefficient (Wildman–Crippen LogP) is 2.25. The van der Waals surface area contributed by atoms with Gasteiger partial charge in [-0.1, -0.05) is 13.8 Å². The van der Waals surface area contributed by atoms with Crippen molar-refractivity contribution in [2.24, 2.45) is 5.41 Å². The molecule has 2 rings (SSSR count). The Kier molecular flexibility index (Phi) is 3.36. The average Bonchev–Trinajstić information content (AvgIpc) is 2.56. The maximum atomic E-state index is 3.72. The third-order valence-electron chi connectivity index (χ3n) is 4.44. The Bertz CT molecular complexity index is 213. The van der Waals surface area contributed by atoms with Gasteiger partial charge in [-0.2, -0.15) is 0 Å². The van der Waals surface area contributed by atoms with E-state index in [0.29, 0.717) is 11.5 Å². The van der Waals surface area contributed by atoms with Crippen molar-refractivity contribution < 1.29 is 0 Å². The van der Waals surface area contributed by atoms with Crippen molar-refractivity contribution in [3.63, 3.8) is 0 Å². The third kappa shape index (κ3) is 2.54. The fourth-order valence-corrected chi connectivity index (χ4v) is 3.08. The van der Waals surface area contributed by atoms with Gasteiger partial charge in [0.05, 0.1) is 0 Å². The monoisotopic (exact) mass is 210 g/mol. The first-order valence-electron chi connectivity index (χ1n) is 6.57. The molecule has 2 heterocycles. The van der Waals surface area contributed by atoms with Crippen molar-refractivity contribution in [1.29, 1.82) is 0 Å². The molecule has 0 aliphatic carbocycles. The second kappa shape index (κ2) is 4.42. The summed E-state index contributed by atoms with van der Waals surface area (Å²) in [6, 6.07) is 1.51. The molecule has 2 aliphatic rings. The molecule has 0 radical (unpaired) electrons. The summed E-state index contributed by atoms with van der Waals surface area (Å²) in [6.07, 6.45) is 5.52. The number of nitrogens with one attached hydrogen (secondary N) is 1. The second-order valence-electron chi connectivity index (χ2n) is 6.09. The lowest BCUT2D eigenvalue weighted by Gasteiger charge is -2.42. The second-order valence-corrected chi connectivity index (χ2v) is 6.09. The Labute approximate surface area is 94.4 Å². The van der Waals surface area contributed by atoms with E-state index in [-0.39, 0.29) is 0 Å². The first-order valence-corrected chi connectivity index (χ1v) is 6.57. The minimum atomic E-state index is 0.487. The molecular formula is C13H26N2. The molecule has 2 fully saturated rings. The van der Waals surface area contributed by atoms with Gasteiger partial charge >= 0.3 is 0 Å². The van der Waals surface area contributed by atoms with Crippen LogP contribution < -0.4 is 5.32 Å². The van der Waals surface area contributed by atoms with Crippen molar-refractivity contribution in [3.8, 4) is 0 Å². The Balaban J connectivity index is 1.92. The minimum Gasteiger partial charge on any atom is -0.312 e. The lowest BCUT2D eigenvalue weighted by atomic mass is 9.77. The van der Waals surface area contributed by atoms with Crippen LogP contribution in [0.15, 0.2) is 0 Å². The lowest BCUT2D eigenvalue weighted by molar-refractivity contribution is 0.123. The van der Waals surface area contributed by atoms with Crippen LogP contribution >= 0.6 is 0 Å². The molecule has 0 aromatic carbocycles. The van der Waals surface area contributed by atoms with E-state index in [0.717, 1.165) is 6.04 Å². The van der Waals surface area contributed by atoms with Gasteiger partial charge in [-0.25, -0.2) is 0 Å². The zero-order valence-corrected chi connectivity index (χ0v) is 10.6. The maximum Gasteiger partial charge on any atom is 0.0246 e. The highest BCUT2D eigenvalue weighted by molar-refractivity contribution is 4.92. The van der Waals surface area contributed by atoms with E-state index in [1.807, 2.05) is 0 Å². The van der Waals surface area contributed by atoms with Gasteiger partial charge in [-0.05, 0) is 51.1 Å². The van der Waals surface area contributed by atoms with Gasteiger partial charge in [0.15, 0.2) is 0 Å². The van der Waals surface area contributed by atoms with Gasteiger partial charge in [-0.15, -0.1) is 0 Å². The van der Waals surface area contributed by atoms with Gasteiger partial charge in [0.1, 0.15) is 0 Å². The first-order chi connectivity index (χ1) is 7.09. The van der Waals surface area contributed by atoms with Crippen LogP contribution in [0.3, 0.4) is 0 Å². The summed E-state index contributed by atoms with van der Waals surface area (Å²) >= 11 is 0. The Morgan fingerprint density at radius 1 is 1.33 bits per heavy atom. The van der Waals surface area contributed by atoms with E-state index in [9.17, 15) is 0 Å². The number of hydrogen-bond donors (Lipinski definition) is 1. The van der Waals surface area contributed by atoms with Crippen molar-refractivity contribution >= 4 is 0 Å². The van der Waals surface area contributed by atoms with Crippen LogP contribution in [0.1, 0.15) is 46.5 Å². The van der Waals surface area contributed by atoms with Gasteiger partial charge < -0.3 is 5.32 Å². The standard InChI is InChI=1S/C13H26N2/c1-11-6-4-9-15(11)10-12-13(2,3)7-5-8-14-12/h11-12,14H,4-10H2,1-3H3. The van der Waals surface area contributed by atoms with Crippen LogP contribution in [0.4, 0.5) is 0 Å². The van der Waals surface area contributed by atoms with Crippen molar-refractivity contribution in [2.45, 2.75) is 58.5 Å². The topological polar surface area (TPSA) is 15.3 Å². The number of piperidine rings is 1. The van der Waals surface area contributed by atoms with Crippen LogP contribution in [-0.2, 0) is 0 Å². The van der Waals surface area contributed by atoms with Crippen molar-refractivity contribution in [1.82, 2.24) is 10.2 Å². The summed E-state index contributed by atoms with van der Waals surface area (Å²) in [5.74, 6) is 0. The number of rotatable bonds is 2. The SMILES string of the molecule is CC1CCCN1CC1NCCCC1(C)C. The predicted molar refractivity (Wildman–Crippen MR) is 65.1 cm³/mol. The summed E-state index contributed by atoms with van der Waals surface area (Å²) in [5, 5.41) is 3.72. The van der Waals surface area contributed by atoms with Gasteiger partial charge in [0, 0.05) is 18.6 Å². The molecule has 0 saturated carbocycles. The molecule has 2 heteroatoms. The first kappa shape index (κ1) is 11.4. The van der Waals surface area contributed by atoms with E-state index < -0.39 is 0 Å². The number of likely N-dealkylation sites (tertiary alicyclic amines) is 1. The van der Waals surface area contributed by atoms with E-state index in [1.165, 1.54) is 45.3 Å². The van der Waals surface area contributed by atoms with E-state index in [4.69, 9.17) is 0 Å². The molecular weight excluding hydrogens is 184 g/mol. The van der Waals surface area contributed by atoms with Crippen LogP contribution in [0.25, 0.3) is 0 Å². The molecule has 15 heavy (non-hydrogen) atoms. The fraction of sp³-hybridized carbons (Fsp3) is 1.00. The molecule has 88 valence electrons. The molecule has 0 amide bonds. The normalized spacial score (nSPS) is 37.0. The largest absolute Gasteiger partial charge is 0.312 e. The molecule has 0 aromatic rings. The molecule has 1 N–H and O–H groups in total. The van der Waals surface area contributed by atoms with Crippen LogP contribution in [0.2, 0.25) is 0 Å². The zero-order valence-electron chi connectivity index (χ0n) is 10.6. The van der Waals surface area contributed by atoms with Gasteiger partial charge in [-0.3, -0.25) is 4.90 Å². The summed E-state index contributed by atoms with van der Waals surface area (Å²) in [4.78, 5) is 2.67. The summed E-state index contributed by atoms with van der Waals surface area (Å²) < 4.78 is 0. The summed E-state index contributed by atoms with van der Waals surface area (Å²) in [5.41, 5.74) is 0.487. The Morgan fingerprint density at radius 3 is 2.73 bits per heavy atom. The van der Waals surface area contributed by atoms with Crippen molar-refractivity contribution in [2.75, 3.05) is 19.6 Å². The molecule has 2 nitrogen and oxygen atoms in total. The fourth-order valence-electron chi connectivity index (χ4n) is 3.08. The lowest BCUT2D eigenvalue weighted by Crippen LogP contribution is -2.53. The highest BCUT2D eigenvalue weighted by Gasteiger charge is 2.34. The molecule has 0 spiro atoms. The molecule has 0 bridgehead atoms. The molecule has 2 unspecified atom stereocenters. The average molecular weight is 210 g/mol. The van der Waals surface area contributed by atoms with Crippen LogP contribution in [0, 0.1) is 5.41 Å². The van der Waals surface area contributed by atoms with E-state index in [2.05, 4.69) is 31.0 Å². The maximum absolute atomic E-state index is 3.72. The van der Waals surface area contributed by atoms with Crippen LogP contribution in [0.5, 0.6) is 0 Å². The van der Waals surface area contributed by atoms with Crippen LogP contribution in [-0.4, -0.2) is 36.6 Å². The quantitative estimate of drug-likeness (QED) is 0.752. The highest BCUT2D eigenvalue weighted by Crippen LogP contribution is 2.31. The van der Waals surface area contributed by atoms with E-state index in [1.54, 1.807) is 0 Å². The summed E-state index contributed by atoms with van der Waals surface area (Å²) in [6.45, 7) is 11.0. The number of nitrogens with zero attached hydrogens (tertiary/aromatic N) is 1. The Hall–Kier alpha value is -0.0800. The number of hydrogen-bond acceptors (Lipinski definition) is 2. The molecule has 2 atom stereocenters. The van der Waals surface area contributed by atoms with Gasteiger partial charge in [0.2, 0.25) is 0 Å². The molecule has 2 aliphatic heterocycles. The highest BCUT2D eigenvalue weighted by atomic mass is 15.2. The smallest absolute Gasteiger partial charge is 0.0246 e. The van der Waals surface area contributed by atoms with Crippen molar-refractivity contribution in [3.05, 3.63) is 0 Å². The molecule has 0 aromatic heterocycles. The zero-order chi connectivity index (χ0) is 10.9. The minimum absolute atomic E-state index is 0.487. The Morgan fingerprint density at radius 2 is 2.13 bits per heavy atom. The van der Waals surface area contributed by atoms with Gasteiger partial charge in [0.25, 0.3) is 0 Å².